The Hall–Kier alpha value is -2.15. The summed E-state index contributed by atoms with van der Waals surface area (Å²) in [6, 6.07) is 7.08. The molecule has 1 aliphatic carbocycles. The van der Waals surface area contributed by atoms with E-state index < -0.39 is 5.25 Å². The first-order valence-corrected chi connectivity index (χ1v) is 8.35. The van der Waals surface area contributed by atoms with Gasteiger partial charge in [0.25, 0.3) is 0 Å². The number of aliphatic imine (C=N–C) groups is 1. The van der Waals surface area contributed by atoms with Crippen LogP contribution >= 0.6 is 11.8 Å². The highest BCUT2D eigenvalue weighted by molar-refractivity contribution is 8.15. The van der Waals surface area contributed by atoms with E-state index in [4.69, 9.17) is 0 Å². The van der Waals surface area contributed by atoms with Crippen LogP contribution in [0.4, 0.5) is 5.69 Å². The monoisotopic (exact) mass is 331 g/mol. The molecule has 0 spiro atoms. The smallest absolute Gasteiger partial charge is 0.240 e. The standard InChI is InChI=1S/C16H17N3O3S/c1-9(20)10-3-2-4-12(7-10)17-14(21)8-13-15(22)19-16(23-13)18-11-5-6-11/h2-4,7,11,13H,5-6,8H2,1H3,(H,17,21)(H,18,19,22)/t13-/m0/s1. The summed E-state index contributed by atoms with van der Waals surface area (Å²) in [6.07, 6.45) is 2.21. The molecule has 1 aromatic carbocycles. The molecular formula is C16H17N3O3S. The van der Waals surface area contributed by atoms with Crippen LogP contribution in [0.1, 0.15) is 36.5 Å². The summed E-state index contributed by atoms with van der Waals surface area (Å²) >= 11 is 1.31. The van der Waals surface area contributed by atoms with Gasteiger partial charge in [0.05, 0.1) is 6.04 Å². The third kappa shape index (κ3) is 4.19. The third-order valence-corrected chi connectivity index (χ3v) is 4.64. The van der Waals surface area contributed by atoms with Gasteiger partial charge >= 0.3 is 0 Å². The van der Waals surface area contributed by atoms with E-state index in [1.54, 1.807) is 24.3 Å². The molecular weight excluding hydrogens is 314 g/mol. The molecule has 23 heavy (non-hydrogen) atoms. The van der Waals surface area contributed by atoms with Crippen LogP contribution in [0.5, 0.6) is 0 Å². The predicted molar refractivity (Wildman–Crippen MR) is 89.7 cm³/mol. The first-order chi connectivity index (χ1) is 11.0. The number of hydrogen-bond donors (Lipinski definition) is 2. The minimum atomic E-state index is -0.455. The van der Waals surface area contributed by atoms with E-state index in [1.165, 1.54) is 18.7 Å². The van der Waals surface area contributed by atoms with Crippen molar-refractivity contribution in [3.63, 3.8) is 0 Å². The molecule has 120 valence electrons. The van der Waals surface area contributed by atoms with Gasteiger partial charge in [-0.25, -0.2) is 0 Å². The third-order valence-electron chi connectivity index (χ3n) is 3.55. The lowest BCUT2D eigenvalue weighted by Crippen LogP contribution is -2.28. The molecule has 2 aliphatic rings. The number of anilines is 1. The Labute approximate surface area is 138 Å². The van der Waals surface area contributed by atoms with Crippen LogP contribution in [-0.4, -0.2) is 34.1 Å². The first-order valence-electron chi connectivity index (χ1n) is 7.47. The summed E-state index contributed by atoms with van der Waals surface area (Å²) in [6.45, 7) is 1.47. The van der Waals surface area contributed by atoms with Gasteiger partial charge in [-0.1, -0.05) is 23.9 Å². The fourth-order valence-electron chi connectivity index (χ4n) is 2.17. The molecule has 0 radical (unpaired) electrons. The van der Waals surface area contributed by atoms with Crippen LogP contribution in [0, 0.1) is 0 Å². The van der Waals surface area contributed by atoms with Gasteiger partial charge in [-0.05, 0) is 31.9 Å². The van der Waals surface area contributed by atoms with Crippen molar-refractivity contribution in [3.8, 4) is 0 Å². The van der Waals surface area contributed by atoms with Crippen molar-refractivity contribution in [2.24, 2.45) is 4.99 Å². The van der Waals surface area contributed by atoms with Gasteiger partial charge in [0, 0.05) is 17.7 Å². The second kappa shape index (κ2) is 6.54. The number of amidine groups is 1. The average Bonchev–Trinajstić information content (AvgIpc) is 3.24. The molecule has 2 N–H and O–H groups in total. The molecule has 2 fully saturated rings. The Morgan fingerprint density at radius 1 is 1.39 bits per heavy atom. The van der Waals surface area contributed by atoms with Crippen molar-refractivity contribution in [3.05, 3.63) is 29.8 Å². The first kappa shape index (κ1) is 15.7. The predicted octanol–water partition coefficient (Wildman–Crippen LogP) is 1.97. The molecule has 0 unspecified atom stereocenters. The van der Waals surface area contributed by atoms with Gasteiger partial charge in [0.2, 0.25) is 11.8 Å². The van der Waals surface area contributed by atoms with Gasteiger partial charge in [-0.3, -0.25) is 19.4 Å². The normalized spacial score (nSPS) is 22.0. The summed E-state index contributed by atoms with van der Waals surface area (Å²) in [5, 5.41) is 5.61. The van der Waals surface area contributed by atoms with Crippen molar-refractivity contribution in [1.29, 1.82) is 0 Å². The molecule has 1 saturated carbocycles. The Balaban J connectivity index is 1.58. The van der Waals surface area contributed by atoms with E-state index in [-0.39, 0.29) is 24.0 Å². The van der Waals surface area contributed by atoms with Crippen LogP contribution in [0.2, 0.25) is 0 Å². The second-order valence-corrected chi connectivity index (χ2v) is 6.84. The van der Waals surface area contributed by atoms with Crippen molar-refractivity contribution < 1.29 is 14.4 Å². The summed E-state index contributed by atoms with van der Waals surface area (Å²) in [7, 11) is 0. The molecule has 7 heteroatoms. The van der Waals surface area contributed by atoms with E-state index in [9.17, 15) is 14.4 Å². The van der Waals surface area contributed by atoms with Crippen molar-refractivity contribution in [1.82, 2.24) is 5.32 Å². The van der Waals surface area contributed by atoms with E-state index in [0.717, 1.165) is 12.8 Å². The zero-order chi connectivity index (χ0) is 16.4. The van der Waals surface area contributed by atoms with Crippen LogP contribution in [0.25, 0.3) is 0 Å². The Bertz CT molecular complexity index is 698. The van der Waals surface area contributed by atoms with Crippen molar-refractivity contribution in [2.45, 2.75) is 37.5 Å². The molecule has 1 aromatic rings. The highest BCUT2D eigenvalue weighted by Gasteiger charge is 2.33. The largest absolute Gasteiger partial charge is 0.326 e. The van der Waals surface area contributed by atoms with Crippen molar-refractivity contribution in [2.75, 3.05) is 5.32 Å². The number of ketones is 1. The number of hydrogen-bond acceptors (Lipinski definition) is 5. The zero-order valence-electron chi connectivity index (χ0n) is 12.7. The number of amides is 2. The number of rotatable bonds is 5. The van der Waals surface area contributed by atoms with Gasteiger partial charge < -0.3 is 10.6 Å². The molecule has 1 aliphatic heterocycles. The van der Waals surface area contributed by atoms with E-state index in [0.29, 0.717) is 22.5 Å². The molecule has 1 atom stereocenters. The zero-order valence-corrected chi connectivity index (χ0v) is 13.5. The topological polar surface area (TPSA) is 87.6 Å². The lowest BCUT2D eigenvalue weighted by Gasteiger charge is -2.08. The van der Waals surface area contributed by atoms with E-state index in [2.05, 4.69) is 15.6 Å². The molecule has 3 rings (SSSR count). The molecule has 0 bridgehead atoms. The minimum absolute atomic E-state index is 0.0623. The Morgan fingerprint density at radius 3 is 2.87 bits per heavy atom. The number of benzene rings is 1. The number of carbonyl (C=O) groups is 3. The van der Waals surface area contributed by atoms with Crippen molar-refractivity contribution >= 4 is 40.2 Å². The van der Waals surface area contributed by atoms with Gasteiger partial charge in [0.1, 0.15) is 5.25 Å². The molecule has 1 saturated heterocycles. The lowest BCUT2D eigenvalue weighted by molar-refractivity contribution is -0.122. The lowest BCUT2D eigenvalue weighted by atomic mass is 10.1. The summed E-state index contributed by atoms with van der Waals surface area (Å²) in [4.78, 5) is 39.7. The SMILES string of the molecule is CC(=O)c1cccc(NC(=O)C[C@@H]2SC(=NC3CC3)NC2=O)c1. The Kier molecular flexibility index (Phi) is 4.47. The highest BCUT2D eigenvalue weighted by Crippen LogP contribution is 2.29. The maximum atomic E-state index is 12.1. The van der Waals surface area contributed by atoms with Crippen LogP contribution < -0.4 is 10.6 Å². The Morgan fingerprint density at radius 2 is 2.17 bits per heavy atom. The van der Waals surface area contributed by atoms with Crippen LogP contribution in [0.15, 0.2) is 29.3 Å². The van der Waals surface area contributed by atoms with E-state index in [1.807, 2.05) is 0 Å². The number of Topliss-reactive ketones (excluding diaryl/α,β-unsaturated/α-hetero) is 1. The molecule has 6 nitrogen and oxygen atoms in total. The molecule has 1 heterocycles. The average molecular weight is 331 g/mol. The van der Waals surface area contributed by atoms with Crippen LogP contribution in [-0.2, 0) is 9.59 Å². The fraction of sp³-hybridized carbons (Fsp3) is 0.375. The molecule has 0 aromatic heterocycles. The summed E-state index contributed by atoms with van der Waals surface area (Å²) in [5.41, 5.74) is 1.09. The number of carbonyl (C=O) groups excluding carboxylic acids is 3. The molecule has 2 amide bonds. The maximum Gasteiger partial charge on any atom is 0.240 e. The van der Waals surface area contributed by atoms with Gasteiger partial charge in [0.15, 0.2) is 11.0 Å². The summed E-state index contributed by atoms with van der Waals surface area (Å²) < 4.78 is 0. The number of nitrogens with one attached hydrogen (secondary N) is 2. The van der Waals surface area contributed by atoms with Gasteiger partial charge in [-0.15, -0.1) is 0 Å². The maximum absolute atomic E-state index is 12.1. The summed E-state index contributed by atoms with van der Waals surface area (Å²) in [5.74, 6) is -0.499. The highest BCUT2D eigenvalue weighted by atomic mass is 32.2. The number of thioether (sulfide) groups is 1. The number of nitrogens with zero attached hydrogens (tertiary/aromatic N) is 1. The van der Waals surface area contributed by atoms with E-state index >= 15 is 0 Å². The second-order valence-electron chi connectivity index (χ2n) is 5.65. The fourth-order valence-corrected chi connectivity index (χ4v) is 3.21. The van der Waals surface area contributed by atoms with Crippen LogP contribution in [0.3, 0.4) is 0 Å². The minimum Gasteiger partial charge on any atom is -0.326 e. The quantitative estimate of drug-likeness (QED) is 0.808. The van der Waals surface area contributed by atoms with Gasteiger partial charge in [-0.2, -0.15) is 0 Å².